The number of hydrogen-bond acceptors (Lipinski definition) is 6. The van der Waals surface area contributed by atoms with Crippen molar-refractivity contribution in [1.82, 2.24) is 24.2 Å². The molecule has 4 rings (SSSR count). The normalized spacial score (nSPS) is 14.4. The maximum Gasteiger partial charge on any atom is 0.281 e. The predicted molar refractivity (Wildman–Crippen MR) is 124 cm³/mol. The van der Waals surface area contributed by atoms with Gasteiger partial charge in [-0.25, -0.2) is 4.98 Å². The van der Waals surface area contributed by atoms with E-state index in [1.165, 1.54) is 0 Å². The van der Waals surface area contributed by atoms with Gasteiger partial charge in [-0.1, -0.05) is 0 Å². The van der Waals surface area contributed by atoms with Crippen LogP contribution < -0.4 is 15.2 Å². The molecule has 0 aliphatic carbocycles. The molecule has 3 heterocycles. The van der Waals surface area contributed by atoms with Crippen LogP contribution in [0.15, 0.2) is 29.1 Å². The highest BCUT2D eigenvalue weighted by atomic mass is 16.5. The standard InChI is InChI=1S/C23H30N6O3/c1-6-29-22(31)20-19(16(4)25-26(20)5)24-23(29)28-13-11-27(12-14-28)21(30)17-7-9-18(10-8-17)32-15(2)3/h7-10,15H,6,11-14H2,1-5H3. The van der Waals surface area contributed by atoms with E-state index < -0.39 is 0 Å². The number of hydrogen-bond donors (Lipinski definition) is 0. The Morgan fingerprint density at radius 3 is 2.38 bits per heavy atom. The lowest BCUT2D eigenvalue weighted by Gasteiger charge is -2.36. The number of rotatable bonds is 5. The Bertz CT molecular complexity index is 1190. The summed E-state index contributed by atoms with van der Waals surface area (Å²) in [6, 6.07) is 7.28. The van der Waals surface area contributed by atoms with Crippen LogP contribution in [-0.2, 0) is 13.6 Å². The zero-order chi connectivity index (χ0) is 23.0. The third-order valence-corrected chi connectivity index (χ3v) is 5.73. The molecular weight excluding hydrogens is 408 g/mol. The second-order valence-corrected chi connectivity index (χ2v) is 8.34. The van der Waals surface area contributed by atoms with Crippen LogP contribution in [0.5, 0.6) is 5.75 Å². The molecule has 0 spiro atoms. The predicted octanol–water partition coefficient (Wildman–Crippen LogP) is 2.21. The van der Waals surface area contributed by atoms with E-state index in [-0.39, 0.29) is 17.6 Å². The molecule has 1 saturated heterocycles. The van der Waals surface area contributed by atoms with Crippen LogP contribution in [0, 0.1) is 6.92 Å². The van der Waals surface area contributed by atoms with E-state index in [1.54, 1.807) is 16.3 Å². The minimum atomic E-state index is -0.0854. The minimum Gasteiger partial charge on any atom is -0.491 e. The SMILES string of the molecule is CCn1c(N2CCN(C(=O)c3ccc(OC(C)C)cc3)CC2)nc2c(C)nn(C)c2c1=O. The molecule has 9 nitrogen and oxygen atoms in total. The molecule has 0 N–H and O–H groups in total. The average molecular weight is 439 g/mol. The van der Waals surface area contributed by atoms with Crippen LogP contribution in [0.2, 0.25) is 0 Å². The van der Waals surface area contributed by atoms with Gasteiger partial charge < -0.3 is 14.5 Å². The van der Waals surface area contributed by atoms with Crippen LogP contribution in [0.1, 0.15) is 36.8 Å². The maximum atomic E-state index is 13.1. The van der Waals surface area contributed by atoms with Crippen LogP contribution >= 0.6 is 0 Å². The van der Waals surface area contributed by atoms with Crippen molar-refractivity contribution in [2.75, 3.05) is 31.1 Å². The first-order chi connectivity index (χ1) is 15.3. The molecule has 9 heteroatoms. The maximum absolute atomic E-state index is 13.1. The number of anilines is 1. The van der Waals surface area contributed by atoms with Crippen LogP contribution in [0.25, 0.3) is 11.0 Å². The molecule has 1 aliphatic rings. The van der Waals surface area contributed by atoms with E-state index in [9.17, 15) is 9.59 Å². The monoisotopic (exact) mass is 438 g/mol. The molecule has 2 aromatic heterocycles. The van der Waals surface area contributed by atoms with Crippen LogP contribution in [0.3, 0.4) is 0 Å². The summed E-state index contributed by atoms with van der Waals surface area (Å²) in [7, 11) is 1.77. The number of nitrogens with zero attached hydrogens (tertiary/aromatic N) is 6. The summed E-state index contributed by atoms with van der Waals surface area (Å²) >= 11 is 0. The highest BCUT2D eigenvalue weighted by Gasteiger charge is 2.26. The summed E-state index contributed by atoms with van der Waals surface area (Å²) in [6.45, 7) is 10.6. The zero-order valence-electron chi connectivity index (χ0n) is 19.3. The van der Waals surface area contributed by atoms with E-state index in [2.05, 4.69) is 10.00 Å². The summed E-state index contributed by atoms with van der Waals surface area (Å²) in [4.78, 5) is 34.8. The van der Waals surface area contributed by atoms with Gasteiger partial charge >= 0.3 is 0 Å². The molecule has 0 bridgehead atoms. The molecule has 0 saturated carbocycles. The first-order valence-electron chi connectivity index (χ1n) is 11.0. The molecule has 0 unspecified atom stereocenters. The molecule has 170 valence electrons. The van der Waals surface area contributed by atoms with Crippen molar-refractivity contribution in [2.24, 2.45) is 7.05 Å². The fourth-order valence-electron chi connectivity index (χ4n) is 4.17. The molecule has 1 fully saturated rings. The van der Waals surface area contributed by atoms with Gasteiger partial charge in [-0.3, -0.25) is 18.8 Å². The summed E-state index contributed by atoms with van der Waals surface area (Å²) < 4.78 is 8.95. The third kappa shape index (κ3) is 3.94. The number of carbonyl (C=O) groups excluding carboxylic acids is 1. The summed E-state index contributed by atoms with van der Waals surface area (Å²) in [5, 5.41) is 4.36. The third-order valence-electron chi connectivity index (χ3n) is 5.73. The topological polar surface area (TPSA) is 85.5 Å². The Morgan fingerprint density at radius 2 is 1.78 bits per heavy atom. The Kier molecular flexibility index (Phi) is 5.90. The van der Waals surface area contributed by atoms with Crippen molar-refractivity contribution in [2.45, 2.75) is 40.3 Å². The van der Waals surface area contributed by atoms with Crippen LogP contribution in [-0.4, -0.2) is 62.4 Å². The molecular formula is C23H30N6O3. The molecule has 1 aromatic carbocycles. The largest absolute Gasteiger partial charge is 0.491 e. The van der Waals surface area contributed by atoms with Crippen molar-refractivity contribution in [3.8, 4) is 5.75 Å². The Labute approximate surface area is 187 Å². The average Bonchev–Trinajstić information content (AvgIpc) is 3.07. The van der Waals surface area contributed by atoms with Crippen LogP contribution in [0.4, 0.5) is 5.95 Å². The molecule has 1 aliphatic heterocycles. The first kappa shape index (κ1) is 21.9. The number of aromatic nitrogens is 4. The van der Waals surface area contributed by atoms with E-state index >= 15 is 0 Å². The second-order valence-electron chi connectivity index (χ2n) is 8.34. The fourth-order valence-corrected chi connectivity index (χ4v) is 4.17. The van der Waals surface area contributed by atoms with Gasteiger partial charge in [0.2, 0.25) is 5.95 Å². The fraction of sp³-hybridized carbons (Fsp3) is 0.478. The van der Waals surface area contributed by atoms with E-state index in [1.807, 2.05) is 56.9 Å². The first-order valence-corrected chi connectivity index (χ1v) is 11.0. The van der Waals surface area contributed by atoms with Gasteiger partial charge in [0.15, 0.2) is 5.52 Å². The van der Waals surface area contributed by atoms with E-state index in [4.69, 9.17) is 9.72 Å². The molecule has 3 aromatic rings. The number of benzene rings is 1. The molecule has 0 atom stereocenters. The Hall–Kier alpha value is -3.36. The lowest BCUT2D eigenvalue weighted by molar-refractivity contribution is 0.0746. The Morgan fingerprint density at radius 1 is 1.12 bits per heavy atom. The van der Waals surface area contributed by atoms with Gasteiger partial charge in [0.05, 0.1) is 11.8 Å². The molecule has 32 heavy (non-hydrogen) atoms. The molecule has 0 radical (unpaired) electrons. The summed E-state index contributed by atoms with van der Waals surface area (Å²) in [5.41, 5.74) is 2.46. The number of fused-ring (bicyclic) bond motifs is 1. The van der Waals surface area contributed by atoms with Crippen molar-refractivity contribution in [3.63, 3.8) is 0 Å². The summed E-state index contributed by atoms with van der Waals surface area (Å²) in [6.07, 6.45) is 0.0911. The number of amides is 1. The Balaban J connectivity index is 1.51. The van der Waals surface area contributed by atoms with Crippen molar-refractivity contribution >= 4 is 22.9 Å². The van der Waals surface area contributed by atoms with Gasteiger partial charge in [-0.15, -0.1) is 0 Å². The van der Waals surface area contributed by atoms with Gasteiger partial charge in [-0.2, -0.15) is 5.10 Å². The zero-order valence-corrected chi connectivity index (χ0v) is 19.3. The quantitative estimate of drug-likeness (QED) is 0.607. The van der Waals surface area contributed by atoms with Gasteiger partial charge in [-0.05, 0) is 52.0 Å². The lowest BCUT2D eigenvalue weighted by atomic mass is 10.1. The van der Waals surface area contributed by atoms with E-state index in [0.29, 0.717) is 55.3 Å². The second kappa shape index (κ2) is 8.64. The number of piperazine rings is 1. The molecule has 1 amide bonds. The highest BCUT2D eigenvalue weighted by Crippen LogP contribution is 2.20. The summed E-state index contributed by atoms with van der Waals surface area (Å²) in [5.74, 6) is 1.40. The van der Waals surface area contributed by atoms with Gasteiger partial charge in [0, 0.05) is 45.3 Å². The lowest BCUT2D eigenvalue weighted by Crippen LogP contribution is -2.50. The number of ether oxygens (including phenoxy) is 1. The minimum absolute atomic E-state index is 0.000133. The number of carbonyl (C=O) groups is 1. The van der Waals surface area contributed by atoms with E-state index in [0.717, 1.165) is 11.4 Å². The highest BCUT2D eigenvalue weighted by molar-refractivity contribution is 5.94. The van der Waals surface area contributed by atoms with Crippen molar-refractivity contribution in [3.05, 3.63) is 45.9 Å². The van der Waals surface area contributed by atoms with Crippen molar-refractivity contribution < 1.29 is 9.53 Å². The van der Waals surface area contributed by atoms with Gasteiger partial charge in [0.1, 0.15) is 11.3 Å². The van der Waals surface area contributed by atoms with Crippen molar-refractivity contribution in [1.29, 1.82) is 0 Å². The smallest absolute Gasteiger partial charge is 0.281 e. The van der Waals surface area contributed by atoms with Gasteiger partial charge in [0.25, 0.3) is 11.5 Å². The number of aryl methyl sites for hydroxylation is 2.